The predicted molar refractivity (Wildman–Crippen MR) is 346 cm³/mol. The molecule has 16 bridgehead atoms. The molecular formula is C74H50N8O4Zn2. The number of ether oxygens (including phenoxy) is 4. The van der Waals surface area contributed by atoms with Crippen molar-refractivity contribution in [1.29, 1.82) is 0 Å². The summed E-state index contributed by atoms with van der Waals surface area (Å²) in [5.74, 6) is 2.80. The summed E-state index contributed by atoms with van der Waals surface area (Å²) in [4.78, 5) is 44.2. The summed E-state index contributed by atoms with van der Waals surface area (Å²) in [5, 5.41) is 0. The standard InChI is InChI=1S/C74H50N8O4.2Zn/c1-83-50-18-8-14-44(38-50)69-54-24-22-48(75-54)42-49-23-25-55(76-49)70(45-15-9-19-51(39-45)84-2)59-31-35-65(80-59)73(64-34-30-58(69)79-64)74-66-36-32-62(81-66)71(46-16-10-20-52(40-46)85-3)60-28-26-56(77-60)68(43-12-6-5-7-13-43)57-27-29-61(78-57)72(63-33-37-67(74)82-63)47-17-11-21-53(41-47)86-4;;/h5-42H,1-4H3;;/q-4;2*+2. The van der Waals surface area contributed by atoms with Crippen molar-refractivity contribution in [2.75, 3.05) is 28.4 Å². The third kappa shape index (κ3) is 10.4. The van der Waals surface area contributed by atoms with Gasteiger partial charge >= 0.3 is 39.0 Å². The van der Waals surface area contributed by atoms with Gasteiger partial charge in [-0.05, 0) is 164 Å². The van der Waals surface area contributed by atoms with E-state index in [9.17, 15) is 0 Å². The third-order valence-corrected chi connectivity index (χ3v) is 15.8. The van der Waals surface area contributed by atoms with E-state index < -0.39 is 0 Å². The number of hydrogen-bond acceptors (Lipinski definition) is 8. The van der Waals surface area contributed by atoms with Crippen LogP contribution < -0.4 is 38.9 Å². The zero-order valence-electron chi connectivity index (χ0n) is 48.6. The molecule has 4 aliphatic rings. The van der Waals surface area contributed by atoms with Crippen LogP contribution in [-0.4, -0.2) is 48.4 Å². The first-order valence-corrected chi connectivity index (χ1v) is 28.1. The SMILES string of the molecule is COc1cccc(-c2c3nc(c(-c4c5nc(c(-c6cccc(OC)c6)c6ccc([n-]6)c(-c6ccccc6)c6nc(c(-c7cccc(OC)c7)c7ccc4[n-]7)C=C6)C=C5)c4ccc([n-]4)c(-c4cccc(OC)c4)c4nc(cc5ccc2[n-]5)C=C4)C=C3)c1.[Zn+2].[Zn+2]. The van der Waals surface area contributed by atoms with Gasteiger partial charge in [-0.1, -0.05) is 133 Å². The van der Waals surface area contributed by atoms with Crippen LogP contribution >= 0.6 is 0 Å². The molecule has 0 unspecified atom stereocenters. The van der Waals surface area contributed by atoms with Gasteiger partial charge in [-0.2, -0.15) is 0 Å². The zero-order chi connectivity index (χ0) is 57.8. The molecule has 5 aromatic carbocycles. The van der Waals surface area contributed by atoms with Gasteiger partial charge in [-0.3, -0.25) is 0 Å². The molecule has 0 spiro atoms. The third-order valence-electron chi connectivity index (χ3n) is 15.8. The first-order valence-electron chi connectivity index (χ1n) is 28.1. The molecule has 14 heteroatoms. The summed E-state index contributed by atoms with van der Waals surface area (Å²) >= 11 is 0. The van der Waals surface area contributed by atoms with Crippen molar-refractivity contribution in [3.8, 4) is 89.8 Å². The maximum absolute atomic E-state index is 5.86. The smallest absolute Gasteiger partial charge is 0.657 e. The number of benzene rings is 5. The number of aromatic nitrogens is 8. The summed E-state index contributed by atoms with van der Waals surface area (Å²) in [6.07, 6.45) is 16.4. The Morgan fingerprint density at radius 1 is 0.250 bits per heavy atom. The summed E-state index contributed by atoms with van der Waals surface area (Å²) in [6.45, 7) is 0. The summed E-state index contributed by atoms with van der Waals surface area (Å²) in [6, 6.07) is 60.7. The van der Waals surface area contributed by atoms with Crippen LogP contribution in [0.4, 0.5) is 0 Å². The van der Waals surface area contributed by atoms with E-state index in [1.54, 1.807) is 28.4 Å². The second-order valence-corrected chi connectivity index (χ2v) is 20.9. The second-order valence-electron chi connectivity index (χ2n) is 20.9. The van der Waals surface area contributed by atoms with Crippen molar-refractivity contribution < 1.29 is 57.9 Å². The topological polar surface area (TPSA) is 145 Å². The van der Waals surface area contributed by atoms with E-state index in [-0.39, 0.29) is 39.0 Å². The summed E-state index contributed by atoms with van der Waals surface area (Å²) in [5.41, 5.74) is 21.2. The van der Waals surface area contributed by atoms with E-state index >= 15 is 0 Å². The molecule has 0 saturated heterocycles. The summed E-state index contributed by atoms with van der Waals surface area (Å²) < 4.78 is 23.3. The zero-order valence-corrected chi connectivity index (χ0v) is 54.5. The second kappa shape index (κ2) is 23.9. The minimum Gasteiger partial charge on any atom is -0.657 e. The van der Waals surface area contributed by atoms with Gasteiger partial charge < -0.3 is 38.9 Å². The first-order chi connectivity index (χ1) is 42.4. The Bertz CT molecular complexity index is 5000. The van der Waals surface area contributed by atoms with E-state index in [0.29, 0.717) is 79.0 Å². The van der Waals surface area contributed by atoms with Crippen LogP contribution in [0.25, 0.3) is 160 Å². The minimum absolute atomic E-state index is 0. The van der Waals surface area contributed by atoms with E-state index in [4.69, 9.17) is 58.8 Å². The van der Waals surface area contributed by atoms with Crippen LogP contribution in [0.1, 0.15) is 45.6 Å². The van der Waals surface area contributed by atoms with E-state index in [2.05, 4.69) is 97.1 Å². The van der Waals surface area contributed by atoms with E-state index in [0.717, 1.165) is 100 Å². The van der Waals surface area contributed by atoms with Crippen LogP contribution in [0.5, 0.6) is 23.0 Å². The van der Waals surface area contributed by atoms with Crippen molar-refractivity contribution in [2.45, 2.75) is 0 Å². The fourth-order valence-electron chi connectivity index (χ4n) is 11.8. The molecule has 0 fully saturated rings. The van der Waals surface area contributed by atoms with Crippen LogP contribution in [-0.2, 0) is 39.0 Å². The molecule has 414 valence electrons. The van der Waals surface area contributed by atoms with Crippen molar-refractivity contribution >= 4 is 92.7 Å². The Balaban J connectivity index is 0.00000357. The number of hydrogen-bond donors (Lipinski definition) is 0. The van der Waals surface area contributed by atoms with E-state index in [1.165, 1.54) is 0 Å². The number of fused-ring (bicyclic) bond motifs is 16. The summed E-state index contributed by atoms with van der Waals surface area (Å²) in [7, 11) is 6.70. The van der Waals surface area contributed by atoms with Gasteiger partial charge in [0.05, 0.1) is 74.0 Å². The largest absolute Gasteiger partial charge is 2.00 e. The van der Waals surface area contributed by atoms with Gasteiger partial charge in [0, 0.05) is 0 Å². The van der Waals surface area contributed by atoms with Crippen molar-refractivity contribution in [3.63, 3.8) is 0 Å². The molecule has 15 rings (SSSR count). The molecule has 0 aliphatic carbocycles. The maximum atomic E-state index is 5.86. The van der Waals surface area contributed by atoms with Crippen LogP contribution in [0.3, 0.4) is 0 Å². The molecule has 4 aliphatic heterocycles. The number of rotatable bonds is 10. The molecule has 0 radical (unpaired) electrons. The maximum Gasteiger partial charge on any atom is 2.00 e. The molecule has 11 aromatic rings. The molecule has 88 heavy (non-hydrogen) atoms. The molecular weight excluding hydrogens is 1200 g/mol. The van der Waals surface area contributed by atoms with Gasteiger partial charge in [-0.25, -0.2) is 19.9 Å². The number of nitrogens with zero attached hydrogens (tertiary/aromatic N) is 8. The van der Waals surface area contributed by atoms with Gasteiger partial charge in [0.1, 0.15) is 23.0 Å². The van der Waals surface area contributed by atoms with Crippen LogP contribution in [0, 0.1) is 0 Å². The predicted octanol–water partition coefficient (Wildman–Crippen LogP) is 16.2. The van der Waals surface area contributed by atoms with Crippen LogP contribution in [0.15, 0.2) is 182 Å². The Labute approximate surface area is 532 Å². The fraction of sp³-hybridized carbons (Fsp3) is 0.0541. The van der Waals surface area contributed by atoms with Gasteiger partial charge in [0.15, 0.2) is 0 Å². The molecule has 0 saturated carbocycles. The average molecular weight is 1250 g/mol. The average Bonchev–Trinajstić information content (AvgIpc) is 4.43. The van der Waals surface area contributed by atoms with Gasteiger partial charge in [0.25, 0.3) is 0 Å². The van der Waals surface area contributed by atoms with Crippen LogP contribution in [0.2, 0.25) is 0 Å². The molecule has 0 amide bonds. The van der Waals surface area contributed by atoms with E-state index in [1.807, 2.05) is 133 Å². The first kappa shape index (κ1) is 56.9. The molecule has 0 N–H and O–H groups in total. The van der Waals surface area contributed by atoms with Crippen molar-refractivity contribution in [2.24, 2.45) is 0 Å². The molecule has 10 heterocycles. The molecule has 12 nitrogen and oxygen atoms in total. The normalized spacial score (nSPS) is 12.0. The molecule has 6 aromatic heterocycles. The van der Waals surface area contributed by atoms with Gasteiger partial charge in [-0.15, -0.1) is 44.1 Å². The monoisotopic (exact) mass is 1240 g/mol. The Morgan fingerprint density at radius 2 is 0.534 bits per heavy atom. The van der Waals surface area contributed by atoms with Crippen molar-refractivity contribution in [1.82, 2.24) is 39.9 Å². The number of methoxy groups -OCH3 is 4. The Hall–Kier alpha value is -10.3. The Kier molecular flexibility index (Phi) is 15.4. The molecule has 0 atom stereocenters. The quantitative estimate of drug-likeness (QED) is 0.120. The minimum atomic E-state index is 0. The van der Waals surface area contributed by atoms with Crippen molar-refractivity contribution in [3.05, 3.63) is 228 Å². The Morgan fingerprint density at radius 3 is 0.898 bits per heavy atom. The fourth-order valence-corrected chi connectivity index (χ4v) is 11.8. The van der Waals surface area contributed by atoms with Gasteiger partial charge in [0.2, 0.25) is 0 Å².